The van der Waals surface area contributed by atoms with Gasteiger partial charge in [0.1, 0.15) is 5.82 Å². The van der Waals surface area contributed by atoms with Gasteiger partial charge in [0, 0.05) is 7.05 Å². The molecule has 2 rings (SSSR count). The van der Waals surface area contributed by atoms with Crippen molar-refractivity contribution in [2.24, 2.45) is 5.73 Å². The molecule has 1 aliphatic heterocycles. The van der Waals surface area contributed by atoms with Gasteiger partial charge < -0.3 is 11.1 Å². The standard InChI is InChI=1S/C8H13N3O/c1-11-7(9)5-3-2-4-6(5)10-8(11)12/h6H,2-4,9H2,1H3,(H,10,12). The van der Waals surface area contributed by atoms with Crippen LogP contribution in [0.25, 0.3) is 0 Å². The highest BCUT2D eigenvalue weighted by atomic mass is 16.2. The van der Waals surface area contributed by atoms with Gasteiger partial charge in [-0.2, -0.15) is 0 Å². The van der Waals surface area contributed by atoms with Gasteiger partial charge >= 0.3 is 6.03 Å². The van der Waals surface area contributed by atoms with Gasteiger partial charge in [-0.1, -0.05) is 0 Å². The Labute approximate surface area is 71.4 Å². The lowest BCUT2D eigenvalue weighted by atomic mass is 10.1. The third-order valence-electron chi connectivity index (χ3n) is 2.65. The number of amides is 2. The molecule has 0 aromatic heterocycles. The minimum Gasteiger partial charge on any atom is -0.385 e. The molecule has 66 valence electrons. The lowest BCUT2D eigenvalue weighted by Gasteiger charge is -2.29. The average molecular weight is 167 g/mol. The quantitative estimate of drug-likeness (QED) is 0.547. The zero-order chi connectivity index (χ0) is 8.72. The second kappa shape index (κ2) is 2.40. The molecule has 4 heteroatoms. The van der Waals surface area contributed by atoms with Gasteiger partial charge in [0.15, 0.2) is 0 Å². The summed E-state index contributed by atoms with van der Waals surface area (Å²) >= 11 is 0. The summed E-state index contributed by atoms with van der Waals surface area (Å²) in [5.41, 5.74) is 7.00. The summed E-state index contributed by atoms with van der Waals surface area (Å²) in [7, 11) is 1.70. The van der Waals surface area contributed by atoms with E-state index in [4.69, 9.17) is 5.73 Å². The minimum absolute atomic E-state index is 0.0804. The molecule has 0 radical (unpaired) electrons. The fourth-order valence-corrected chi connectivity index (χ4v) is 1.88. The van der Waals surface area contributed by atoms with Crippen molar-refractivity contribution in [3.63, 3.8) is 0 Å². The monoisotopic (exact) mass is 167 g/mol. The van der Waals surface area contributed by atoms with Crippen molar-refractivity contribution in [2.45, 2.75) is 25.3 Å². The van der Waals surface area contributed by atoms with E-state index in [1.54, 1.807) is 7.05 Å². The number of nitrogens with one attached hydrogen (secondary N) is 1. The predicted molar refractivity (Wildman–Crippen MR) is 45.1 cm³/mol. The fraction of sp³-hybridized carbons (Fsp3) is 0.625. The van der Waals surface area contributed by atoms with Crippen molar-refractivity contribution >= 4 is 6.03 Å². The van der Waals surface area contributed by atoms with E-state index in [9.17, 15) is 4.79 Å². The topological polar surface area (TPSA) is 58.4 Å². The van der Waals surface area contributed by atoms with E-state index in [-0.39, 0.29) is 12.1 Å². The number of rotatable bonds is 0. The molecule has 1 atom stereocenters. The lowest BCUT2D eigenvalue weighted by Crippen LogP contribution is -2.49. The fourth-order valence-electron chi connectivity index (χ4n) is 1.88. The second-order valence-electron chi connectivity index (χ2n) is 3.36. The molecule has 1 aliphatic carbocycles. The van der Waals surface area contributed by atoms with Gasteiger partial charge in [-0.15, -0.1) is 0 Å². The zero-order valence-electron chi connectivity index (χ0n) is 7.13. The molecule has 4 nitrogen and oxygen atoms in total. The third kappa shape index (κ3) is 0.873. The maximum Gasteiger partial charge on any atom is 0.323 e. The normalized spacial score (nSPS) is 28.9. The van der Waals surface area contributed by atoms with Crippen LogP contribution in [0.15, 0.2) is 11.4 Å². The number of hydrogen-bond acceptors (Lipinski definition) is 2. The summed E-state index contributed by atoms with van der Waals surface area (Å²) in [5.74, 6) is 0.654. The Hall–Kier alpha value is -1.19. The van der Waals surface area contributed by atoms with Crippen LogP contribution >= 0.6 is 0 Å². The molecule has 0 saturated heterocycles. The third-order valence-corrected chi connectivity index (χ3v) is 2.65. The minimum atomic E-state index is -0.0804. The molecule has 0 spiro atoms. The number of fused-ring (bicyclic) bond motifs is 1. The van der Waals surface area contributed by atoms with E-state index >= 15 is 0 Å². The van der Waals surface area contributed by atoms with Gasteiger partial charge in [-0.3, -0.25) is 4.90 Å². The Balaban J connectivity index is 2.36. The van der Waals surface area contributed by atoms with Crippen LogP contribution < -0.4 is 11.1 Å². The maximum absolute atomic E-state index is 11.2. The Bertz CT molecular complexity index is 259. The summed E-state index contributed by atoms with van der Waals surface area (Å²) in [6, 6.07) is 0.136. The van der Waals surface area contributed by atoms with Gasteiger partial charge in [0.05, 0.1) is 6.04 Å². The summed E-state index contributed by atoms with van der Waals surface area (Å²) < 4.78 is 0. The van der Waals surface area contributed by atoms with E-state index in [0.717, 1.165) is 19.3 Å². The molecule has 2 amide bonds. The van der Waals surface area contributed by atoms with Crippen LogP contribution in [0.1, 0.15) is 19.3 Å². The SMILES string of the molecule is CN1C(=O)NC2CCCC2=C1N. The van der Waals surface area contributed by atoms with Crippen molar-refractivity contribution < 1.29 is 4.79 Å². The number of nitrogens with two attached hydrogens (primary N) is 1. The molecule has 1 saturated carbocycles. The highest BCUT2D eigenvalue weighted by Gasteiger charge is 2.32. The Kier molecular flexibility index (Phi) is 1.49. The first-order valence-electron chi connectivity index (χ1n) is 4.23. The smallest absolute Gasteiger partial charge is 0.323 e. The van der Waals surface area contributed by atoms with E-state index in [0.29, 0.717) is 5.82 Å². The van der Waals surface area contributed by atoms with Crippen molar-refractivity contribution in [1.82, 2.24) is 10.2 Å². The van der Waals surface area contributed by atoms with E-state index in [1.165, 1.54) is 10.5 Å². The van der Waals surface area contributed by atoms with E-state index < -0.39 is 0 Å². The van der Waals surface area contributed by atoms with Crippen molar-refractivity contribution in [2.75, 3.05) is 7.05 Å². The molecule has 3 N–H and O–H groups in total. The van der Waals surface area contributed by atoms with Crippen LogP contribution in [0.3, 0.4) is 0 Å². The van der Waals surface area contributed by atoms with Crippen molar-refractivity contribution in [3.8, 4) is 0 Å². The Morgan fingerprint density at radius 2 is 2.42 bits per heavy atom. The first kappa shape index (κ1) is 7.46. The molecule has 0 aromatic carbocycles. The Morgan fingerprint density at radius 3 is 3.17 bits per heavy atom. The molecule has 2 aliphatic rings. The highest BCUT2D eigenvalue weighted by molar-refractivity contribution is 5.78. The summed E-state index contributed by atoms with van der Waals surface area (Å²) in [6.07, 6.45) is 3.20. The largest absolute Gasteiger partial charge is 0.385 e. The van der Waals surface area contributed by atoms with Crippen molar-refractivity contribution in [1.29, 1.82) is 0 Å². The molecule has 1 unspecified atom stereocenters. The van der Waals surface area contributed by atoms with Gasteiger partial charge in [-0.05, 0) is 24.8 Å². The van der Waals surface area contributed by atoms with Crippen LogP contribution in [0.4, 0.5) is 4.79 Å². The molecule has 0 aromatic rings. The first-order chi connectivity index (χ1) is 5.70. The molecule has 1 heterocycles. The molecule has 1 fully saturated rings. The zero-order valence-corrected chi connectivity index (χ0v) is 7.13. The second-order valence-corrected chi connectivity index (χ2v) is 3.36. The van der Waals surface area contributed by atoms with Gasteiger partial charge in [0.25, 0.3) is 0 Å². The molecular formula is C8H13N3O. The molecular weight excluding hydrogens is 154 g/mol. The molecule has 0 bridgehead atoms. The number of nitrogens with zero attached hydrogens (tertiary/aromatic N) is 1. The van der Waals surface area contributed by atoms with Crippen LogP contribution in [0.5, 0.6) is 0 Å². The van der Waals surface area contributed by atoms with Crippen LogP contribution in [-0.2, 0) is 0 Å². The average Bonchev–Trinajstić information content (AvgIpc) is 2.48. The predicted octanol–water partition coefficient (Wildman–Crippen LogP) is 0.364. The van der Waals surface area contributed by atoms with Crippen molar-refractivity contribution in [3.05, 3.63) is 11.4 Å². The summed E-state index contributed by atoms with van der Waals surface area (Å²) in [5, 5.41) is 2.91. The number of urea groups is 1. The summed E-state index contributed by atoms with van der Waals surface area (Å²) in [6.45, 7) is 0. The maximum atomic E-state index is 11.2. The van der Waals surface area contributed by atoms with Crippen LogP contribution in [-0.4, -0.2) is 24.0 Å². The van der Waals surface area contributed by atoms with E-state index in [2.05, 4.69) is 5.32 Å². The number of carbonyl (C=O) groups is 1. The van der Waals surface area contributed by atoms with Gasteiger partial charge in [-0.25, -0.2) is 4.79 Å². The number of carbonyl (C=O) groups excluding carboxylic acids is 1. The van der Waals surface area contributed by atoms with E-state index in [1.807, 2.05) is 0 Å². The van der Waals surface area contributed by atoms with Crippen LogP contribution in [0.2, 0.25) is 0 Å². The first-order valence-corrected chi connectivity index (χ1v) is 4.23. The summed E-state index contributed by atoms with van der Waals surface area (Å²) in [4.78, 5) is 12.7. The highest BCUT2D eigenvalue weighted by Crippen LogP contribution is 2.29. The Morgan fingerprint density at radius 1 is 1.67 bits per heavy atom. The van der Waals surface area contributed by atoms with Crippen LogP contribution in [0, 0.1) is 0 Å². The number of hydrogen-bond donors (Lipinski definition) is 2. The van der Waals surface area contributed by atoms with Gasteiger partial charge in [0.2, 0.25) is 0 Å². The molecule has 12 heavy (non-hydrogen) atoms. The lowest BCUT2D eigenvalue weighted by molar-refractivity contribution is 0.211.